The van der Waals surface area contributed by atoms with Crippen LogP contribution >= 0.6 is 0 Å². The van der Waals surface area contributed by atoms with E-state index in [2.05, 4.69) is 9.89 Å². The number of oxime groups is 1. The smallest absolute Gasteiger partial charge is 0.364 e. The highest BCUT2D eigenvalue weighted by molar-refractivity contribution is 6.42. The molecule has 0 bridgehead atoms. The number of carboxylic acids is 1. The van der Waals surface area contributed by atoms with Crippen LogP contribution in [0.5, 0.6) is 0 Å². The fourth-order valence-electron chi connectivity index (χ4n) is 1.67. The zero-order chi connectivity index (χ0) is 13.9. The first kappa shape index (κ1) is 13.1. The summed E-state index contributed by atoms with van der Waals surface area (Å²) < 4.78 is 9.59. The van der Waals surface area contributed by atoms with Gasteiger partial charge in [0.05, 0.1) is 13.4 Å². The average Bonchev–Trinajstić information content (AvgIpc) is 2.84. The lowest BCUT2D eigenvalue weighted by atomic mass is 9.80. The highest BCUT2D eigenvalue weighted by atomic mass is 16.7. The molecule has 0 amide bonds. The van der Waals surface area contributed by atoms with Crippen molar-refractivity contribution in [1.82, 2.24) is 0 Å². The number of esters is 1. The predicted molar refractivity (Wildman–Crippen MR) is 62.6 cm³/mol. The summed E-state index contributed by atoms with van der Waals surface area (Å²) in [6.45, 7) is 0. The molecule has 1 aromatic rings. The Bertz CT molecular complexity index is 500. The molecule has 0 spiro atoms. The monoisotopic (exact) mass is 267 g/mol. The van der Waals surface area contributed by atoms with Crippen molar-refractivity contribution >= 4 is 17.7 Å². The summed E-state index contributed by atoms with van der Waals surface area (Å²) in [5.41, 5.74) is -1.54. The molecule has 0 radical (unpaired) electrons. The standard InChI is InChI=1S/C12H13NO6/c1-17-10(14)9(8-4-2-7-18-8)13-19-12(11(15)16)5-3-6-12/h2,4,7H,3,5-6H2,1H3,(H,15,16)/b13-9-. The third kappa shape index (κ3) is 2.44. The highest BCUT2D eigenvalue weighted by Gasteiger charge is 2.48. The molecule has 102 valence electrons. The van der Waals surface area contributed by atoms with Gasteiger partial charge in [-0.3, -0.25) is 0 Å². The number of rotatable bonds is 5. The molecule has 1 aliphatic rings. The van der Waals surface area contributed by atoms with Gasteiger partial charge in [-0.05, 0) is 18.6 Å². The van der Waals surface area contributed by atoms with Crippen LogP contribution in [0.2, 0.25) is 0 Å². The Morgan fingerprint density at radius 3 is 2.63 bits per heavy atom. The van der Waals surface area contributed by atoms with Crippen molar-refractivity contribution < 1.29 is 28.7 Å². The van der Waals surface area contributed by atoms with Crippen LogP contribution in [0.3, 0.4) is 0 Å². The summed E-state index contributed by atoms with van der Waals surface area (Å²) in [7, 11) is 1.19. The van der Waals surface area contributed by atoms with Crippen LogP contribution in [0.4, 0.5) is 0 Å². The topological polar surface area (TPSA) is 98.3 Å². The van der Waals surface area contributed by atoms with Crippen molar-refractivity contribution in [2.45, 2.75) is 24.9 Å². The van der Waals surface area contributed by atoms with Gasteiger partial charge in [0.2, 0.25) is 11.3 Å². The van der Waals surface area contributed by atoms with Gasteiger partial charge in [0.1, 0.15) is 0 Å². The fourth-order valence-corrected chi connectivity index (χ4v) is 1.67. The number of methoxy groups -OCH3 is 1. The molecule has 1 aromatic heterocycles. The minimum absolute atomic E-state index is 0.159. The Labute approximate surface area is 108 Å². The molecule has 1 heterocycles. The first-order chi connectivity index (χ1) is 9.09. The summed E-state index contributed by atoms with van der Waals surface area (Å²) in [6.07, 6.45) is 2.83. The summed E-state index contributed by atoms with van der Waals surface area (Å²) in [5, 5.41) is 12.7. The van der Waals surface area contributed by atoms with E-state index in [1.807, 2.05) is 0 Å². The fraction of sp³-hybridized carbons (Fsp3) is 0.417. The number of nitrogens with zero attached hydrogens (tertiary/aromatic N) is 1. The van der Waals surface area contributed by atoms with Gasteiger partial charge in [0.25, 0.3) is 0 Å². The molecule has 0 unspecified atom stereocenters. The van der Waals surface area contributed by atoms with E-state index in [-0.39, 0.29) is 11.5 Å². The summed E-state index contributed by atoms with van der Waals surface area (Å²) in [5.74, 6) is -1.69. The van der Waals surface area contributed by atoms with Crippen molar-refractivity contribution in [1.29, 1.82) is 0 Å². The zero-order valence-electron chi connectivity index (χ0n) is 10.3. The minimum atomic E-state index is -1.34. The third-order valence-electron chi connectivity index (χ3n) is 3.00. The van der Waals surface area contributed by atoms with Gasteiger partial charge < -0.3 is 19.1 Å². The number of carbonyl (C=O) groups excluding carboxylic acids is 1. The van der Waals surface area contributed by atoms with E-state index in [1.165, 1.54) is 19.4 Å². The van der Waals surface area contributed by atoms with E-state index < -0.39 is 17.5 Å². The summed E-state index contributed by atoms with van der Waals surface area (Å²) in [6, 6.07) is 3.08. The van der Waals surface area contributed by atoms with Crippen LogP contribution in [-0.4, -0.2) is 35.5 Å². The van der Waals surface area contributed by atoms with Gasteiger partial charge in [-0.1, -0.05) is 5.16 Å². The lowest BCUT2D eigenvalue weighted by Crippen LogP contribution is -2.47. The zero-order valence-corrected chi connectivity index (χ0v) is 10.3. The number of aliphatic carboxylic acids is 1. The van der Waals surface area contributed by atoms with Gasteiger partial charge in [0, 0.05) is 12.8 Å². The van der Waals surface area contributed by atoms with Crippen molar-refractivity contribution in [3.63, 3.8) is 0 Å². The second-order valence-electron chi connectivity index (χ2n) is 4.15. The van der Waals surface area contributed by atoms with Crippen LogP contribution in [0.25, 0.3) is 0 Å². The largest absolute Gasteiger partial charge is 0.478 e. The van der Waals surface area contributed by atoms with Crippen LogP contribution in [-0.2, 0) is 19.2 Å². The molecule has 2 rings (SSSR count). The van der Waals surface area contributed by atoms with Crippen molar-refractivity contribution in [3.8, 4) is 0 Å². The molecular weight excluding hydrogens is 254 g/mol. The van der Waals surface area contributed by atoms with Gasteiger partial charge >= 0.3 is 11.9 Å². The van der Waals surface area contributed by atoms with Gasteiger partial charge in [-0.15, -0.1) is 0 Å². The molecular formula is C12H13NO6. The van der Waals surface area contributed by atoms with E-state index in [0.29, 0.717) is 12.8 Å². The molecule has 1 saturated carbocycles. The molecule has 19 heavy (non-hydrogen) atoms. The maximum Gasteiger partial charge on any atom is 0.364 e. The van der Waals surface area contributed by atoms with E-state index in [4.69, 9.17) is 14.4 Å². The second-order valence-corrected chi connectivity index (χ2v) is 4.15. The van der Waals surface area contributed by atoms with Crippen LogP contribution in [0, 0.1) is 0 Å². The lowest BCUT2D eigenvalue weighted by Gasteiger charge is -2.34. The molecule has 0 aromatic carbocycles. The first-order valence-electron chi connectivity index (χ1n) is 5.71. The summed E-state index contributed by atoms with van der Waals surface area (Å²) >= 11 is 0. The molecule has 0 aliphatic heterocycles. The lowest BCUT2D eigenvalue weighted by molar-refractivity contribution is -0.179. The SMILES string of the molecule is COC(=O)/C(=N\OC1(C(=O)O)CCC1)c1ccco1. The number of furan rings is 1. The van der Waals surface area contributed by atoms with Gasteiger partial charge in [-0.2, -0.15) is 0 Å². The second kappa shape index (κ2) is 5.13. The van der Waals surface area contributed by atoms with Gasteiger partial charge in [0.15, 0.2) is 5.76 Å². The number of ether oxygens (including phenoxy) is 1. The molecule has 1 fully saturated rings. The Balaban J connectivity index is 2.22. The van der Waals surface area contributed by atoms with E-state index in [0.717, 1.165) is 6.42 Å². The van der Waals surface area contributed by atoms with Crippen molar-refractivity contribution in [2.75, 3.05) is 7.11 Å². The molecule has 0 atom stereocenters. The normalized spacial score (nSPS) is 17.4. The molecule has 0 saturated heterocycles. The maximum atomic E-state index is 11.6. The van der Waals surface area contributed by atoms with Gasteiger partial charge in [-0.25, -0.2) is 9.59 Å². The highest BCUT2D eigenvalue weighted by Crippen LogP contribution is 2.36. The van der Waals surface area contributed by atoms with E-state index in [9.17, 15) is 9.59 Å². The van der Waals surface area contributed by atoms with E-state index in [1.54, 1.807) is 6.07 Å². The van der Waals surface area contributed by atoms with Crippen molar-refractivity contribution in [3.05, 3.63) is 24.2 Å². The van der Waals surface area contributed by atoms with Crippen LogP contribution < -0.4 is 0 Å². The quantitative estimate of drug-likeness (QED) is 0.488. The maximum absolute atomic E-state index is 11.6. The Kier molecular flexibility index (Phi) is 3.55. The number of carbonyl (C=O) groups is 2. The Morgan fingerprint density at radius 1 is 1.47 bits per heavy atom. The van der Waals surface area contributed by atoms with E-state index >= 15 is 0 Å². The van der Waals surface area contributed by atoms with Crippen molar-refractivity contribution in [2.24, 2.45) is 5.16 Å². The Hall–Kier alpha value is -2.31. The third-order valence-corrected chi connectivity index (χ3v) is 3.00. The predicted octanol–water partition coefficient (Wildman–Crippen LogP) is 1.18. The molecule has 7 nitrogen and oxygen atoms in total. The number of hydrogen-bond acceptors (Lipinski definition) is 6. The Morgan fingerprint density at radius 2 is 2.21 bits per heavy atom. The first-order valence-corrected chi connectivity index (χ1v) is 5.71. The van der Waals surface area contributed by atoms with Crippen LogP contribution in [0.1, 0.15) is 25.0 Å². The molecule has 1 aliphatic carbocycles. The summed E-state index contributed by atoms with van der Waals surface area (Å²) in [4.78, 5) is 27.7. The van der Waals surface area contributed by atoms with Crippen LogP contribution in [0.15, 0.2) is 28.0 Å². The molecule has 7 heteroatoms. The molecule has 1 N–H and O–H groups in total. The number of hydrogen-bond donors (Lipinski definition) is 1. The minimum Gasteiger partial charge on any atom is -0.478 e. The average molecular weight is 267 g/mol. The number of carboxylic acid groups (broad SMARTS) is 1.